The highest BCUT2D eigenvalue weighted by molar-refractivity contribution is 5.94. The van der Waals surface area contributed by atoms with Gasteiger partial charge in [-0.1, -0.05) is 24.3 Å². The van der Waals surface area contributed by atoms with Gasteiger partial charge in [-0.2, -0.15) is 0 Å². The largest absolute Gasteiger partial charge is 0.310 e. The first kappa shape index (κ1) is 12.8. The molecular weight excluding hydrogens is 255 g/mol. The number of nitrogens with zero attached hydrogens (tertiary/aromatic N) is 1. The minimum absolute atomic E-state index is 0.0124. The zero-order valence-electron chi connectivity index (χ0n) is 11.1. The number of amides is 1. The molecule has 1 aliphatic carbocycles. The molecule has 0 aliphatic heterocycles. The Morgan fingerprint density at radius 2 is 2.10 bits per heavy atom. The molecule has 1 aromatic heterocycles. The van der Waals surface area contributed by atoms with E-state index in [2.05, 4.69) is 10.3 Å². The quantitative estimate of drug-likeness (QED) is 0.930. The van der Waals surface area contributed by atoms with E-state index in [0.29, 0.717) is 17.8 Å². The van der Waals surface area contributed by atoms with Gasteiger partial charge in [-0.25, -0.2) is 9.37 Å². The Morgan fingerprint density at radius 1 is 1.30 bits per heavy atom. The third-order valence-corrected chi connectivity index (χ3v) is 3.59. The van der Waals surface area contributed by atoms with Crippen molar-refractivity contribution in [3.05, 3.63) is 59.5 Å². The first-order valence-electron chi connectivity index (χ1n) is 6.63. The lowest BCUT2D eigenvalue weighted by Crippen LogP contribution is -2.15. The average molecular weight is 270 g/mol. The van der Waals surface area contributed by atoms with Crippen LogP contribution >= 0.6 is 0 Å². The van der Waals surface area contributed by atoms with Crippen molar-refractivity contribution in [2.45, 2.75) is 19.3 Å². The molecule has 1 heterocycles. The molecule has 1 aromatic carbocycles. The van der Waals surface area contributed by atoms with E-state index in [9.17, 15) is 9.18 Å². The molecule has 1 N–H and O–H groups in total. The number of hydrogen-bond acceptors (Lipinski definition) is 2. The summed E-state index contributed by atoms with van der Waals surface area (Å²) in [6.45, 7) is 1.94. The molecule has 2 atom stereocenters. The summed E-state index contributed by atoms with van der Waals surface area (Å²) in [5.74, 6) is 0.0484. The molecule has 1 aliphatic rings. The predicted molar refractivity (Wildman–Crippen MR) is 74.9 cm³/mol. The van der Waals surface area contributed by atoms with E-state index in [1.807, 2.05) is 13.0 Å². The van der Waals surface area contributed by atoms with Gasteiger partial charge in [-0.3, -0.25) is 4.79 Å². The highest BCUT2D eigenvalue weighted by Gasteiger charge is 2.45. The van der Waals surface area contributed by atoms with Crippen LogP contribution < -0.4 is 5.32 Å². The van der Waals surface area contributed by atoms with E-state index in [0.717, 1.165) is 5.56 Å². The van der Waals surface area contributed by atoms with Gasteiger partial charge >= 0.3 is 0 Å². The summed E-state index contributed by atoms with van der Waals surface area (Å²) in [4.78, 5) is 16.2. The lowest BCUT2D eigenvalue weighted by atomic mass is 10.1. The number of anilines is 1. The van der Waals surface area contributed by atoms with Crippen molar-refractivity contribution in [2.24, 2.45) is 5.92 Å². The smallest absolute Gasteiger partial charge is 0.229 e. The number of nitrogens with one attached hydrogen (secondary N) is 1. The number of halogens is 1. The number of benzene rings is 1. The second-order valence-electron chi connectivity index (χ2n) is 5.18. The van der Waals surface area contributed by atoms with Gasteiger partial charge in [0.05, 0.1) is 0 Å². The minimum Gasteiger partial charge on any atom is -0.310 e. The SMILES string of the molecule is Cc1ccc(NC(=O)C2CC2c2ccccc2F)nc1. The Bertz CT molecular complexity index is 639. The Morgan fingerprint density at radius 3 is 2.80 bits per heavy atom. The van der Waals surface area contributed by atoms with Crippen LogP contribution in [0.1, 0.15) is 23.5 Å². The maximum atomic E-state index is 13.6. The minimum atomic E-state index is -0.235. The highest BCUT2D eigenvalue weighted by atomic mass is 19.1. The molecule has 2 aromatic rings. The Labute approximate surface area is 116 Å². The van der Waals surface area contributed by atoms with E-state index in [4.69, 9.17) is 0 Å². The fraction of sp³-hybridized carbons (Fsp3) is 0.250. The molecule has 2 unspecified atom stereocenters. The van der Waals surface area contributed by atoms with Crippen LogP contribution in [0, 0.1) is 18.7 Å². The van der Waals surface area contributed by atoms with E-state index in [1.54, 1.807) is 30.5 Å². The predicted octanol–water partition coefficient (Wildman–Crippen LogP) is 3.27. The van der Waals surface area contributed by atoms with Gasteiger partial charge in [0, 0.05) is 12.1 Å². The molecule has 102 valence electrons. The van der Waals surface area contributed by atoms with Gasteiger partial charge in [-0.15, -0.1) is 0 Å². The van der Waals surface area contributed by atoms with Crippen molar-refractivity contribution in [3.63, 3.8) is 0 Å². The number of carbonyl (C=O) groups is 1. The van der Waals surface area contributed by atoms with Crippen LogP contribution in [-0.2, 0) is 4.79 Å². The zero-order chi connectivity index (χ0) is 14.1. The van der Waals surface area contributed by atoms with E-state index >= 15 is 0 Å². The van der Waals surface area contributed by atoms with Crippen LogP contribution in [0.3, 0.4) is 0 Å². The molecule has 3 rings (SSSR count). The summed E-state index contributed by atoms with van der Waals surface area (Å²) >= 11 is 0. The first-order chi connectivity index (χ1) is 9.65. The molecule has 0 radical (unpaired) electrons. The summed E-state index contributed by atoms with van der Waals surface area (Å²) < 4.78 is 13.6. The third-order valence-electron chi connectivity index (χ3n) is 3.59. The zero-order valence-corrected chi connectivity index (χ0v) is 11.1. The third kappa shape index (κ3) is 2.54. The molecule has 1 amide bonds. The maximum absolute atomic E-state index is 13.6. The number of rotatable bonds is 3. The summed E-state index contributed by atoms with van der Waals surface area (Å²) in [5.41, 5.74) is 1.67. The summed E-state index contributed by atoms with van der Waals surface area (Å²) in [6, 6.07) is 10.3. The van der Waals surface area contributed by atoms with Gasteiger partial charge in [0.25, 0.3) is 0 Å². The molecule has 0 saturated heterocycles. The maximum Gasteiger partial charge on any atom is 0.229 e. The van der Waals surface area contributed by atoms with Crippen LogP contribution in [0.4, 0.5) is 10.2 Å². The number of hydrogen-bond donors (Lipinski definition) is 1. The monoisotopic (exact) mass is 270 g/mol. The second-order valence-corrected chi connectivity index (χ2v) is 5.18. The average Bonchev–Trinajstić information content (AvgIpc) is 3.22. The van der Waals surface area contributed by atoms with E-state index in [1.165, 1.54) is 6.07 Å². The van der Waals surface area contributed by atoms with Crippen molar-refractivity contribution >= 4 is 11.7 Å². The Hall–Kier alpha value is -2.23. The molecule has 1 fully saturated rings. The van der Waals surface area contributed by atoms with Crippen LogP contribution in [0.2, 0.25) is 0 Å². The lowest BCUT2D eigenvalue weighted by molar-refractivity contribution is -0.117. The second kappa shape index (κ2) is 5.04. The van der Waals surface area contributed by atoms with Crippen molar-refractivity contribution in [1.29, 1.82) is 0 Å². The van der Waals surface area contributed by atoms with Crippen molar-refractivity contribution in [1.82, 2.24) is 4.98 Å². The highest BCUT2D eigenvalue weighted by Crippen LogP contribution is 2.48. The summed E-state index contributed by atoms with van der Waals surface area (Å²) in [7, 11) is 0. The normalized spacial score (nSPS) is 20.5. The molecule has 3 nitrogen and oxygen atoms in total. The number of pyridine rings is 1. The molecular formula is C16H15FN2O. The lowest BCUT2D eigenvalue weighted by Gasteiger charge is -2.05. The number of aryl methyl sites for hydroxylation is 1. The van der Waals surface area contributed by atoms with E-state index in [-0.39, 0.29) is 23.6 Å². The fourth-order valence-electron chi connectivity index (χ4n) is 2.36. The van der Waals surface area contributed by atoms with Crippen molar-refractivity contribution < 1.29 is 9.18 Å². The Kier molecular flexibility index (Phi) is 3.22. The summed E-state index contributed by atoms with van der Waals surface area (Å²) in [6.07, 6.45) is 2.40. The van der Waals surface area contributed by atoms with Crippen molar-refractivity contribution in [2.75, 3.05) is 5.32 Å². The van der Waals surface area contributed by atoms with Crippen molar-refractivity contribution in [3.8, 4) is 0 Å². The first-order valence-corrected chi connectivity index (χ1v) is 6.63. The fourth-order valence-corrected chi connectivity index (χ4v) is 2.36. The topological polar surface area (TPSA) is 42.0 Å². The van der Waals surface area contributed by atoms with Gasteiger partial charge < -0.3 is 5.32 Å². The molecule has 1 saturated carbocycles. The summed E-state index contributed by atoms with van der Waals surface area (Å²) in [5, 5.41) is 2.78. The van der Waals surface area contributed by atoms with Crippen LogP contribution in [0.5, 0.6) is 0 Å². The van der Waals surface area contributed by atoms with Gasteiger partial charge in [-0.05, 0) is 42.5 Å². The molecule has 4 heteroatoms. The number of aromatic nitrogens is 1. The van der Waals surface area contributed by atoms with Crippen LogP contribution in [-0.4, -0.2) is 10.9 Å². The standard InChI is InChI=1S/C16H15FN2O/c1-10-6-7-15(18-9-10)19-16(20)13-8-12(13)11-4-2-3-5-14(11)17/h2-7,9,12-13H,8H2,1H3,(H,18,19,20). The van der Waals surface area contributed by atoms with Gasteiger partial charge in [0.2, 0.25) is 5.91 Å². The number of carbonyl (C=O) groups excluding carboxylic acids is 1. The van der Waals surface area contributed by atoms with Gasteiger partial charge in [0.15, 0.2) is 0 Å². The van der Waals surface area contributed by atoms with E-state index < -0.39 is 0 Å². The van der Waals surface area contributed by atoms with Gasteiger partial charge in [0.1, 0.15) is 11.6 Å². The Balaban J connectivity index is 1.66. The van der Waals surface area contributed by atoms with Crippen LogP contribution in [0.25, 0.3) is 0 Å². The van der Waals surface area contributed by atoms with Crippen LogP contribution in [0.15, 0.2) is 42.6 Å². The molecule has 0 bridgehead atoms. The molecule has 20 heavy (non-hydrogen) atoms. The molecule has 0 spiro atoms.